The van der Waals surface area contributed by atoms with E-state index >= 15 is 0 Å². The maximum Gasteiger partial charge on any atom is 0.295 e. The molecule has 0 fully saturated rings. The monoisotopic (exact) mass is 393 g/mol. The highest BCUT2D eigenvalue weighted by Gasteiger charge is 2.45. The van der Waals surface area contributed by atoms with Crippen LogP contribution in [0.5, 0.6) is 5.75 Å². The number of carbonyl (C=O) groups excluding carboxylic acids is 2. The maximum atomic E-state index is 13.0. The van der Waals surface area contributed by atoms with Gasteiger partial charge in [-0.15, -0.1) is 0 Å². The smallest absolute Gasteiger partial charge is 0.295 e. The average molecular weight is 393 g/mol. The highest BCUT2D eigenvalue weighted by molar-refractivity contribution is 8.00. The van der Waals surface area contributed by atoms with Crippen LogP contribution in [0.2, 0.25) is 0 Å². The van der Waals surface area contributed by atoms with Crippen LogP contribution in [-0.4, -0.2) is 27.3 Å². The van der Waals surface area contributed by atoms with E-state index in [4.69, 9.17) is 4.42 Å². The predicted molar refractivity (Wildman–Crippen MR) is 104 cm³/mol. The lowest BCUT2D eigenvalue weighted by atomic mass is 10.1. The molecular formula is C21H15NO5S. The number of nitrogens with zero attached hydrogens (tertiary/aromatic N) is 1. The number of aliphatic hydroxyl groups is 1. The quantitative estimate of drug-likeness (QED) is 0.633. The van der Waals surface area contributed by atoms with Crippen LogP contribution in [0.15, 0.2) is 93.6 Å². The summed E-state index contributed by atoms with van der Waals surface area (Å²) in [7, 11) is 0. The summed E-state index contributed by atoms with van der Waals surface area (Å²) in [5, 5.41) is 19.9. The summed E-state index contributed by atoms with van der Waals surface area (Å²) in [5.74, 6) is -2.11. The second kappa shape index (κ2) is 7.28. The summed E-state index contributed by atoms with van der Waals surface area (Å²) in [5.41, 5.74) is 0.117. The van der Waals surface area contributed by atoms with Crippen molar-refractivity contribution < 1.29 is 24.2 Å². The van der Waals surface area contributed by atoms with E-state index in [-0.39, 0.29) is 22.8 Å². The molecule has 28 heavy (non-hydrogen) atoms. The number of amides is 1. The zero-order valence-corrected chi connectivity index (χ0v) is 15.3. The van der Waals surface area contributed by atoms with Crippen molar-refractivity contribution in [2.75, 3.05) is 4.90 Å². The lowest BCUT2D eigenvalue weighted by Crippen LogP contribution is -2.34. The van der Waals surface area contributed by atoms with Crippen molar-refractivity contribution in [3.8, 4) is 5.75 Å². The van der Waals surface area contributed by atoms with Gasteiger partial charge in [-0.2, -0.15) is 0 Å². The first-order chi connectivity index (χ1) is 13.6. The Hall–Kier alpha value is -3.45. The molecule has 2 N–H and O–H groups in total. The van der Waals surface area contributed by atoms with Gasteiger partial charge in [0.1, 0.15) is 11.1 Å². The van der Waals surface area contributed by atoms with Gasteiger partial charge in [-0.1, -0.05) is 42.1 Å². The van der Waals surface area contributed by atoms with Gasteiger partial charge in [0.15, 0.2) is 11.5 Å². The first kappa shape index (κ1) is 17.9. The zero-order chi connectivity index (χ0) is 19.7. The summed E-state index contributed by atoms with van der Waals surface area (Å²) < 4.78 is 5.17. The van der Waals surface area contributed by atoms with Crippen LogP contribution in [0.4, 0.5) is 5.69 Å². The largest absolute Gasteiger partial charge is 0.506 e. The standard InChI is InChI=1S/C21H15NO5S/c23-15-10-5-4-9-14(15)22-20(26)19(25)17(18(24)16-11-6-12-27-16)21(22)28-13-7-2-1-3-8-13/h1-12,21,23,25H. The number of phenols is 1. The van der Waals surface area contributed by atoms with Crippen LogP contribution in [-0.2, 0) is 4.79 Å². The summed E-state index contributed by atoms with van der Waals surface area (Å²) in [6, 6.07) is 18.5. The van der Waals surface area contributed by atoms with Gasteiger partial charge in [0.25, 0.3) is 5.91 Å². The van der Waals surface area contributed by atoms with Crippen LogP contribution in [0.3, 0.4) is 0 Å². The molecule has 1 amide bonds. The van der Waals surface area contributed by atoms with Crippen LogP contribution < -0.4 is 4.90 Å². The van der Waals surface area contributed by atoms with Gasteiger partial charge in [0, 0.05) is 4.90 Å². The molecule has 0 saturated carbocycles. The first-order valence-corrected chi connectivity index (χ1v) is 9.30. The van der Waals surface area contributed by atoms with Gasteiger partial charge < -0.3 is 14.6 Å². The fourth-order valence-electron chi connectivity index (χ4n) is 2.99. The minimum absolute atomic E-state index is 0.0205. The number of phenolic OH excluding ortho intramolecular Hbond substituents is 1. The van der Waals surface area contributed by atoms with E-state index in [2.05, 4.69) is 0 Å². The number of thioether (sulfide) groups is 1. The second-order valence-corrected chi connectivity index (χ2v) is 7.17. The molecule has 4 rings (SSSR count). The van der Waals surface area contributed by atoms with Crippen molar-refractivity contribution in [2.45, 2.75) is 10.3 Å². The van der Waals surface area contributed by atoms with Crippen LogP contribution in [0.25, 0.3) is 0 Å². The molecule has 1 aromatic heterocycles. The van der Waals surface area contributed by atoms with Gasteiger partial charge in [0.05, 0.1) is 17.5 Å². The minimum Gasteiger partial charge on any atom is -0.506 e. The number of anilines is 1. The Balaban J connectivity index is 1.82. The Morgan fingerprint density at radius 3 is 2.36 bits per heavy atom. The van der Waals surface area contributed by atoms with Crippen molar-refractivity contribution >= 4 is 29.1 Å². The molecule has 1 aliphatic rings. The van der Waals surface area contributed by atoms with Gasteiger partial charge in [-0.25, -0.2) is 0 Å². The van der Waals surface area contributed by atoms with E-state index in [1.54, 1.807) is 24.3 Å². The fraction of sp³-hybridized carbons (Fsp3) is 0.0476. The number of rotatable bonds is 5. The topological polar surface area (TPSA) is 91.0 Å². The molecule has 2 heterocycles. The predicted octanol–water partition coefficient (Wildman–Crippen LogP) is 4.15. The van der Waals surface area contributed by atoms with Crippen molar-refractivity contribution in [3.63, 3.8) is 0 Å². The number of hydrogen-bond acceptors (Lipinski definition) is 6. The summed E-state index contributed by atoms with van der Waals surface area (Å²) in [6.45, 7) is 0. The lowest BCUT2D eigenvalue weighted by molar-refractivity contribution is -0.116. The van der Waals surface area contributed by atoms with Crippen LogP contribution in [0, 0.1) is 0 Å². The number of aromatic hydroxyl groups is 1. The van der Waals surface area contributed by atoms with E-state index in [1.807, 2.05) is 30.3 Å². The summed E-state index contributed by atoms with van der Waals surface area (Å²) in [4.78, 5) is 27.8. The molecule has 0 radical (unpaired) electrons. The zero-order valence-electron chi connectivity index (χ0n) is 14.5. The van der Waals surface area contributed by atoms with Gasteiger partial charge in [-0.05, 0) is 36.4 Å². The van der Waals surface area contributed by atoms with Crippen molar-refractivity contribution in [1.82, 2.24) is 0 Å². The van der Waals surface area contributed by atoms with E-state index in [9.17, 15) is 19.8 Å². The highest BCUT2D eigenvalue weighted by Crippen LogP contribution is 2.43. The maximum absolute atomic E-state index is 13.0. The van der Waals surface area contributed by atoms with Gasteiger partial charge in [-0.3, -0.25) is 14.5 Å². The Morgan fingerprint density at radius 1 is 0.964 bits per heavy atom. The molecule has 0 aliphatic carbocycles. The molecular weight excluding hydrogens is 378 g/mol. The molecule has 1 unspecified atom stereocenters. The molecule has 0 spiro atoms. The van der Waals surface area contributed by atoms with E-state index in [0.29, 0.717) is 0 Å². The van der Waals surface area contributed by atoms with Gasteiger partial charge >= 0.3 is 0 Å². The number of carbonyl (C=O) groups is 2. The molecule has 6 nitrogen and oxygen atoms in total. The molecule has 1 aliphatic heterocycles. The number of Topliss-reactive ketones (excluding diaryl/α,β-unsaturated/α-hetero) is 1. The van der Waals surface area contributed by atoms with Crippen molar-refractivity contribution in [1.29, 1.82) is 0 Å². The number of para-hydroxylation sites is 2. The number of furan rings is 1. The Bertz CT molecular complexity index is 1060. The summed E-state index contributed by atoms with van der Waals surface area (Å²) >= 11 is 1.22. The highest BCUT2D eigenvalue weighted by atomic mass is 32.2. The number of hydrogen-bond donors (Lipinski definition) is 2. The molecule has 2 aromatic carbocycles. The van der Waals surface area contributed by atoms with Crippen LogP contribution >= 0.6 is 11.8 Å². The van der Waals surface area contributed by atoms with Gasteiger partial charge in [0.2, 0.25) is 5.78 Å². The molecule has 1 atom stereocenters. The lowest BCUT2D eigenvalue weighted by Gasteiger charge is -2.26. The molecule has 0 bridgehead atoms. The third-order valence-corrected chi connectivity index (χ3v) is 5.49. The van der Waals surface area contributed by atoms with Crippen molar-refractivity contribution in [3.05, 3.63) is 90.1 Å². The van der Waals surface area contributed by atoms with E-state index in [1.165, 1.54) is 35.1 Å². The second-order valence-electron chi connectivity index (χ2n) is 6.02. The third-order valence-electron chi connectivity index (χ3n) is 4.28. The van der Waals surface area contributed by atoms with E-state index < -0.39 is 22.8 Å². The Labute approximate surface area is 164 Å². The molecule has 0 saturated heterocycles. The molecule has 140 valence electrons. The fourth-order valence-corrected chi connectivity index (χ4v) is 4.21. The average Bonchev–Trinajstić information content (AvgIpc) is 3.32. The first-order valence-electron chi connectivity index (χ1n) is 8.42. The Morgan fingerprint density at radius 2 is 1.68 bits per heavy atom. The van der Waals surface area contributed by atoms with E-state index in [0.717, 1.165) is 4.90 Å². The number of ketones is 1. The normalized spacial score (nSPS) is 16.6. The molecule has 7 heteroatoms. The molecule has 3 aromatic rings. The number of benzene rings is 2. The van der Waals surface area contributed by atoms with Crippen molar-refractivity contribution in [2.24, 2.45) is 0 Å². The summed E-state index contributed by atoms with van der Waals surface area (Å²) in [6.07, 6.45) is 1.35. The third kappa shape index (κ3) is 3.05. The Kier molecular flexibility index (Phi) is 4.67. The SMILES string of the molecule is O=C(C1=C(O)C(=O)N(c2ccccc2O)C1Sc1ccccc1)c1ccco1. The number of aliphatic hydroxyl groups excluding tert-OH is 1. The van der Waals surface area contributed by atoms with Crippen LogP contribution in [0.1, 0.15) is 10.6 Å². The minimum atomic E-state index is -0.874.